The summed E-state index contributed by atoms with van der Waals surface area (Å²) >= 11 is 0. The first kappa shape index (κ1) is 21.8. The highest BCUT2D eigenvalue weighted by molar-refractivity contribution is 5.85. The maximum Gasteiger partial charge on any atom is 0.252 e. The molecule has 1 amide bonds. The average molecular weight is 459 g/mol. The molecule has 0 unspecified atom stereocenters. The Balaban J connectivity index is 1.46. The Morgan fingerprint density at radius 1 is 1.03 bits per heavy atom. The SMILES string of the molecule is CCc1ccc(-n2nc(C)c3c(C)cc(=O)n(CC(=O)NCc4ccc5c(c4)OCO5)c32)cc1. The third-order valence-corrected chi connectivity index (χ3v) is 6.11. The van der Waals surface area contributed by atoms with Gasteiger partial charge < -0.3 is 14.8 Å². The minimum Gasteiger partial charge on any atom is -0.454 e. The van der Waals surface area contributed by atoms with Crippen molar-refractivity contribution in [3.8, 4) is 17.2 Å². The number of amides is 1. The number of aromatic nitrogens is 3. The zero-order valence-corrected chi connectivity index (χ0v) is 19.4. The number of benzene rings is 2. The number of rotatable bonds is 6. The highest BCUT2D eigenvalue weighted by Crippen LogP contribution is 2.32. The standard InChI is InChI=1S/C26H26N4O4/c1-4-18-5-8-20(9-6-18)30-26-25(17(3)28-30)16(2)11-24(32)29(26)14-23(31)27-13-19-7-10-21-22(12-19)34-15-33-21/h5-12H,4,13-15H2,1-3H3,(H,27,31). The van der Waals surface area contributed by atoms with Gasteiger partial charge in [-0.25, -0.2) is 4.68 Å². The molecule has 3 heterocycles. The predicted octanol–water partition coefficient (Wildman–Crippen LogP) is 3.41. The Labute approximate surface area is 196 Å². The quantitative estimate of drug-likeness (QED) is 0.479. The van der Waals surface area contributed by atoms with Crippen molar-refractivity contribution in [2.45, 2.75) is 40.3 Å². The van der Waals surface area contributed by atoms with Crippen molar-refractivity contribution in [1.29, 1.82) is 0 Å². The largest absolute Gasteiger partial charge is 0.454 e. The van der Waals surface area contributed by atoms with Gasteiger partial charge in [0.25, 0.3) is 5.56 Å². The van der Waals surface area contributed by atoms with Crippen LogP contribution in [0.25, 0.3) is 16.7 Å². The minimum absolute atomic E-state index is 0.113. The molecule has 1 aliphatic heterocycles. The van der Waals surface area contributed by atoms with E-state index in [1.54, 1.807) is 10.7 Å². The first-order valence-electron chi connectivity index (χ1n) is 11.3. The summed E-state index contributed by atoms with van der Waals surface area (Å²) in [6, 6.07) is 15.2. The topological polar surface area (TPSA) is 87.4 Å². The zero-order chi connectivity index (χ0) is 23.8. The highest BCUT2D eigenvalue weighted by Gasteiger charge is 2.19. The first-order chi connectivity index (χ1) is 16.4. The fourth-order valence-electron chi connectivity index (χ4n) is 4.32. The lowest BCUT2D eigenvalue weighted by Crippen LogP contribution is -2.32. The summed E-state index contributed by atoms with van der Waals surface area (Å²) in [5.74, 6) is 1.09. The Hall–Kier alpha value is -4.07. The lowest BCUT2D eigenvalue weighted by Gasteiger charge is -2.13. The van der Waals surface area contributed by atoms with Crippen molar-refractivity contribution < 1.29 is 14.3 Å². The first-order valence-corrected chi connectivity index (χ1v) is 11.3. The zero-order valence-electron chi connectivity index (χ0n) is 19.4. The van der Waals surface area contributed by atoms with E-state index in [-0.39, 0.29) is 24.8 Å². The summed E-state index contributed by atoms with van der Waals surface area (Å²) in [7, 11) is 0. The molecule has 34 heavy (non-hydrogen) atoms. The van der Waals surface area contributed by atoms with Crippen LogP contribution >= 0.6 is 0 Å². The molecule has 0 saturated heterocycles. The molecule has 174 valence electrons. The third-order valence-electron chi connectivity index (χ3n) is 6.11. The number of pyridine rings is 1. The second kappa shape index (κ2) is 8.70. The van der Waals surface area contributed by atoms with Crippen LogP contribution in [0.15, 0.2) is 53.3 Å². The molecule has 4 aromatic rings. The van der Waals surface area contributed by atoms with Gasteiger partial charge >= 0.3 is 0 Å². The molecule has 0 radical (unpaired) electrons. The van der Waals surface area contributed by atoms with E-state index in [0.29, 0.717) is 23.7 Å². The van der Waals surface area contributed by atoms with E-state index in [1.165, 1.54) is 10.1 Å². The summed E-state index contributed by atoms with van der Waals surface area (Å²) in [5.41, 5.74) is 4.96. The third kappa shape index (κ3) is 3.91. The van der Waals surface area contributed by atoms with E-state index in [4.69, 9.17) is 14.6 Å². The summed E-state index contributed by atoms with van der Waals surface area (Å²) in [4.78, 5) is 25.9. The van der Waals surface area contributed by atoms with Crippen molar-refractivity contribution in [2.75, 3.05) is 6.79 Å². The molecule has 2 aromatic carbocycles. The minimum atomic E-state index is -0.267. The summed E-state index contributed by atoms with van der Waals surface area (Å²) in [6.07, 6.45) is 0.937. The van der Waals surface area contributed by atoms with E-state index < -0.39 is 0 Å². The molecule has 0 fully saturated rings. The highest BCUT2D eigenvalue weighted by atomic mass is 16.7. The molecular formula is C26H26N4O4. The fourth-order valence-corrected chi connectivity index (χ4v) is 4.32. The molecule has 8 heteroatoms. The molecule has 0 aliphatic carbocycles. The second-order valence-electron chi connectivity index (χ2n) is 8.43. The van der Waals surface area contributed by atoms with Gasteiger partial charge in [0.2, 0.25) is 12.7 Å². The van der Waals surface area contributed by atoms with E-state index in [2.05, 4.69) is 24.4 Å². The van der Waals surface area contributed by atoms with E-state index in [1.807, 2.05) is 44.2 Å². The molecular weight excluding hydrogens is 432 g/mol. The Morgan fingerprint density at radius 2 is 1.76 bits per heavy atom. The molecule has 8 nitrogen and oxygen atoms in total. The van der Waals surface area contributed by atoms with Crippen molar-refractivity contribution in [1.82, 2.24) is 19.7 Å². The van der Waals surface area contributed by atoms with Crippen molar-refractivity contribution >= 4 is 16.9 Å². The van der Waals surface area contributed by atoms with Crippen molar-refractivity contribution in [3.63, 3.8) is 0 Å². The predicted molar refractivity (Wildman–Crippen MR) is 129 cm³/mol. The van der Waals surface area contributed by atoms with Gasteiger partial charge in [-0.05, 0) is 61.2 Å². The van der Waals surface area contributed by atoms with Crippen LogP contribution in [0.2, 0.25) is 0 Å². The number of carbonyl (C=O) groups is 1. The van der Waals surface area contributed by atoms with Gasteiger partial charge in [-0.15, -0.1) is 0 Å². The number of hydrogen-bond acceptors (Lipinski definition) is 5. The Bertz CT molecular complexity index is 1450. The van der Waals surface area contributed by atoms with Crippen LogP contribution in [0.3, 0.4) is 0 Å². The monoisotopic (exact) mass is 458 g/mol. The van der Waals surface area contributed by atoms with Crippen LogP contribution in [-0.4, -0.2) is 27.0 Å². The van der Waals surface area contributed by atoms with Crippen molar-refractivity contribution in [2.24, 2.45) is 0 Å². The number of nitrogens with zero attached hydrogens (tertiary/aromatic N) is 3. The molecule has 0 atom stereocenters. The van der Waals surface area contributed by atoms with Crippen LogP contribution in [0.1, 0.15) is 29.3 Å². The van der Waals surface area contributed by atoms with Crippen LogP contribution in [0, 0.1) is 13.8 Å². The van der Waals surface area contributed by atoms with Gasteiger partial charge in [0.05, 0.1) is 11.4 Å². The molecule has 2 aromatic heterocycles. The lowest BCUT2D eigenvalue weighted by atomic mass is 10.1. The van der Waals surface area contributed by atoms with E-state index in [9.17, 15) is 9.59 Å². The van der Waals surface area contributed by atoms with Gasteiger partial charge in [0.1, 0.15) is 12.2 Å². The van der Waals surface area contributed by atoms with E-state index >= 15 is 0 Å². The van der Waals surface area contributed by atoms with Crippen molar-refractivity contribution in [3.05, 3.63) is 81.3 Å². The molecule has 5 rings (SSSR count). The molecule has 0 saturated carbocycles. The fraction of sp³-hybridized carbons (Fsp3) is 0.269. The van der Waals surface area contributed by atoms with Crippen LogP contribution in [-0.2, 0) is 24.3 Å². The lowest BCUT2D eigenvalue weighted by molar-refractivity contribution is -0.121. The summed E-state index contributed by atoms with van der Waals surface area (Å²) < 4.78 is 14.0. The van der Waals surface area contributed by atoms with Crippen LogP contribution in [0.4, 0.5) is 0 Å². The normalized spacial score (nSPS) is 12.3. The number of aryl methyl sites for hydroxylation is 3. The number of ether oxygens (including phenoxy) is 2. The number of nitrogens with one attached hydrogen (secondary N) is 1. The van der Waals surface area contributed by atoms with Gasteiger partial charge in [-0.2, -0.15) is 5.10 Å². The average Bonchev–Trinajstić information content (AvgIpc) is 3.44. The van der Waals surface area contributed by atoms with Gasteiger partial charge in [-0.3, -0.25) is 14.2 Å². The molecule has 0 spiro atoms. The summed E-state index contributed by atoms with van der Waals surface area (Å²) in [5, 5.41) is 8.49. The van der Waals surface area contributed by atoms with E-state index in [0.717, 1.165) is 34.3 Å². The van der Waals surface area contributed by atoms with Crippen LogP contribution in [0.5, 0.6) is 11.5 Å². The van der Waals surface area contributed by atoms with Gasteiger partial charge in [0.15, 0.2) is 11.5 Å². The maximum absolute atomic E-state index is 13.0. The second-order valence-corrected chi connectivity index (χ2v) is 8.43. The maximum atomic E-state index is 13.0. The smallest absolute Gasteiger partial charge is 0.252 e. The number of hydrogen-bond donors (Lipinski definition) is 1. The summed E-state index contributed by atoms with van der Waals surface area (Å²) in [6.45, 7) is 6.32. The van der Waals surface area contributed by atoms with Crippen LogP contribution < -0.4 is 20.3 Å². The van der Waals surface area contributed by atoms with Gasteiger partial charge in [-0.1, -0.05) is 25.1 Å². The molecule has 1 aliphatic rings. The Kier molecular flexibility index (Phi) is 5.57. The van der Waals surface area contributed by atoms with Gasteiger partial charge in [0, 0.05) is 18.0 Å². The molecule has 0 bridgehead atoms. The number of carbonyl (C=O) groups excluding carboxylic acids is 1. The number of fused-ring (bicyclic) bond motifs is 2. The molecule has 1 N–H and O–H groups in total. The Morgan fingerprint density at radius 3 is 2.53 bits per heavy atom.